The molecule has 0 nitrogen and oxygen atoms in total. The summed E-state index contributed by atoms with van der Waals surface area (Å²) in [5, 5.41) is 1.17. The van der Waals surface area contributed by atoms with E-state index in [2.05, 4.69) is 19.6 Å². The molecule has 0 aromatic carbocycles. The van der Waals surface area contributed by atoms with Crippen LogP contribution < -0.4 is 0 Å². The van der Waals surface area contributed by atoms with Gasteiger partial charge in [-0.15, -0.1) is 11.6 Å². The number of rotatable bonds is 1. The minimum absolute atomic E-state index is 0.541. The van der Waals surface area contributed by atoms with Crippen LogP contribution in [0.15, 0.2) is 0 Å². The summed E-state index contributed by atoms with van der Waals surface area (Å²) >= 11 is 6.51. The molecule has 2 rings (SSSR count). The van der Waals surface area contributed by atoms with Crippen molar-refractivity contribution in [3.8, 4) is 0 Å². The topological polar surface area (TPSA) is 0 Å². The molecule has 3 atom stereocenters. The molecule has 0 aliphatic heterocycles. The van der Waals surface area contributed by atoms with Crippen molar-refractivity contribution in [1.29, 1.82) is 0 Å². The molecular formula is C11H21ClSi. The standard InChI is InChI=1S/C11H21ClSi/c1-13(2,3)11-8-6-4-5-7-9(11)10(11)12/h9-10H,4-8H2,1-3H3. The van der Waals surface area contributed by atoms with Gasteiger partial charge in [0.05, 0.1) is 8.07 Å². The van der Waals surface area contributed by atoms with Crippen molar-refractivity contribution in [3.63, 3.8) is 0 Å². The Kier molecular flexibility index (Phi) is 2.31. The van der Waals surface area contributed by atoms with Crippen LogP contribution in [0, 0.1) is 5.92 Å². The van der Waals surface area contributed by atoms with Gasteiger partial charge in [-0.25, -0.2) is 0 Å². The van der Waals surface area contributed by atoms with Gasteiger partial charge in [0, 0.05) is 5.38 Å². The fourth-order valence-electron chi connectivity index (χ4n) is 3.50. The molecule has 0 N–H and O–H groups in total. The lowest BCUT2D eigenvalue weighted by atomic mass is 10.2. The van der Waals surface area contributed by atoms with Crippen LogP contribution in [0.3, 0.4) is 0 Å². The van der Waals surface area contributed by atoms with Crippen molar-refractivity contribution >= 4 is 19.7 Å². The highest BCUT2D eigenvalue weighted by atomic mass is 35.5. The first kappa shape index (κ1) is 10.0. The van der Waals surface area contributed by atoms with Gasteiger partial charge in [-0.05, 0) is 23.8 Å². The van der Waals surface area contributed by atoms with Crippen LogP contribution in [-0.2, 0) is 0 Å². The van der Waals surface area contributed by atoms with Crippen molar-refractivity contribution in [3.05, 3.63) is 0 Å². The van der Waals surface area contributed by atoms with Gasteiger partial charge < -0.3 is 0 Å². The molecule has 0 radical (unpaired) electrons. The normalized spacial score (nSPS) is 45.2. The van der Waals surface area contributed by atoms with Crippen LogP contribution >= 0.6 is 11.6 Å². The molecule has 0 aromatic rings. The molecule has 2 heteroatoms. The summed E-state index contributed by atoms with van der Waals surface area (Å²) in [6, 6.07) is 0. The number of hydrogen-bond acceptors (Lipinski definition) is 0. The highest BCUT2D eigenvalue weighted by Crippen LogP contribution is 2.73. The molecule has 3 unspecified atom stereocenters. The molecule has 2 fully saturated rings. The third-order valence-corrected chi connectivity index (χ3v) is 9.00. The summed E-state index contributed by atoms with van der Waals surface area (Å²) in [5.74, 6) is 0.892. The molecular weight excluding hydrogens is 196 g/mol. The van der Waals surface area contributed by atoms with E-state index in [9.17, 15) is 0 Å². The van der Waals surface area contributed by atoms with E-state index in [1.165, 1.54) is 32.1 Å². The number of halogens is 1. The van der Waals surface area contributed by atoms with Crippen LogP contribution in [0.25, 0.3) is 0 Å². The smallest absolute Gasteiger partial charge is 0.0528 e. The molecule has 0 amide bonds. The largest absolute Gasteiger partial charge is 0.122 e. The van der Waals surface area contributed by atoms with Gasteiger partial charge in [0.2, 0.25) is 0 Å². The number of fused-ring (bicyclic) bond motifs is 1. The van der Waals surface area contributed by atoms with Crippen LogP contribution in [0.2, 0.25) is 24.7 Å². The first-order chi connectivity index (χ1) is 6.00. The van der Waals surface area contributed by atoms with Crippen molar-refractivity contribution in [2.75, 3.05) is 0 Å². The third-order valence-electron chi connectivity index (χ3n) is 4.40. The van der Waals surface area contributed by atoms with Crippen LogP contribution in [-0.4, -0.2) is 13.5 Å². The number of hydrogen-bond donors (Lipinski definition) is 0. The lowest BCUT2D eigenvalue weighted by molar-refractivity contribution is 0.645. The zero-order valence-electron chi connectivity index (χ0n) is 9.07. The van der Waals surface area contributed by atoms with E-state index < -0.39 is 8.07 Å². The molecule has 0 saturated heterocycles. The molecule has 2 aliphatic rings. The second kappa shape index (κ2) is 3.00. The van der Waals surface area contributed by atoms with E-state index in [1.54, 1.807) is 0 Å². The van der Waals surface area contributed by atoms with Crippen molar-refractivity contribution in [2.24, 2.45) is 5.92 Å². The van der Waals surface area contributed by atoms with E-state index in [1.807, 2.05) is 0 Å². The van der Waals surface area contributed by atoms with Gasteiger partial charge >= 0.3 is 0 Å². The Morgan fingerprint density at radius 3 is 2.46 bits per heavy atom. The summed E-state index contributed by atoms with van der Waals surface area (Å²) < 4.78 is 0. The van der Waals surface area contributed by atoms with E-state index in [4.69, 9.17) is 11.6 Å². The van der Waals surface area contributed by atoms with Crippen LogP contribution in [0.5, 0.6) is 0 Å². The minimum atomic E-state index is -1.03. The average Bonchev–Trinajstić information content (AvgIpc) is 2.63. The minimum Gasteiger partial charge on any atom is -0.122 e. The summed E-state index contributed by atoms with van der Waals surface area (Å²) in [6.07, 6.45) is 7.16. The van der Waals surface area contributed by atoms with Gasteiger partial charge in [0.1, 0.15) is 0 Å². The van der Waals surface area contributed by atoms with Crippen molar-refractivity contribution in [1.82, 2.24) is 0 Å². The summed E-state index contributed by atoms with van der Waals surface area (Å²) in [5.41, 5.74) is 0. The average molecular weight is 217 g/mol. The van der Waals surface area contributed by atoms with E-state index in [-0.39, 0.29) is 0 Å². The quantitative estimate of drug-likeness (QED) is 0.454. The maximum absolute atomic E-state index is 6.51. The van der Waals surface area contributed by atoms with Crippen molar-refractivity contribution in [2.45, 2.75) is 62.2 Å². The van der Waals surface area contributed by atoms with Crippen molar-refractivity contribution < 1.29 is 0 Å². The Morgan fingerprint density at radius 2 is 1.85 bits per heavy atom. The Bertz CT molecular complexity index is 209. The maximum Gasteiger partial charge on any atom is 0.0528 e. The Morgan fingerprint density at radius 1 is 1.15 bits per heavy atom. The van der Waals surface area contributed by atoms with Gasteiger partial charge in [0.15, 0.2) is 0 Å². The van der Waals surface area contributed by atoms with E-state index in [0.29, 0.717) is 10.4 Å². The summed E-state index contributed by atoms with van der Waals surface area (Å²) in [6.45, 7) is 7.52. The van der Waals surface area contributed by atoms with Crippen LogP contribution in [0.1, 0.15) is 32.1 Å². The van der Waals surface area contributed by atoms with E-state index >= 15 is 0 Å². The molecule has 13 heavy (non-hydrogen) atoms. The van der Waals surface area contributed by atoms with Gasteiger partial charge in [-0.1, -0.05) is 38.9 Å². The lowest BCUT2D eigenvalue weighted by Gasteiger charge is -2.30. The number of alkyl halides is 1. The lowest BCUT2D eigenvalue weighted by Crippen LogP contribution is -2.32. The van der Waals surface area contributed by atoms with Crippen LogP contribution in [0.4, 0.5) is 0 Å². The predicted octanol–water partition coefficient (Wildman–Crippen LogP) is 4.27. The van der Waals surface area contributed by atoms with Gasteiger partial charge in [-0.3, -0.25) is 0 Å². The Balaban J connectivity index is 2.21. The maximum atomic E-state index is 6.51. The van der Waals surface area contributed by atoms with Gasteiger partial charge in [-0.2, -0.15) is 0 Å². The summed E-state index contributed by atoms with van der Waals surface area (Å²) in [7, 11) is -1.03. The first-order valence-electron chi connectivity index (χ1n) is 5.64. The molecule has 0 aromatic heterocycles. The zero-order valence-corrected chi connectivity index (χ0v) is 10.8. The highest BCUT2D eigenvalue weighted by Gasteiger charge is 2.68. The second-order valence-corrected chi connectivity index (χ2v) is 11.8. The Hall–Kier alpha value is 0.507. The fraction of sp³-hybridized carbons (Fsp3) is 1.00. The molecule has 0 bridgehead atoms. The monoisotopic (exact) mass is 216 g/mol. The molecule has 0 spiro atoms. The Labute approximate surface area is 88.1 Å². The molecule has 76 valence electrons. The zero-order chi connectivity index (χ0) is 9.69. The predicted molar refractivity (Wildman–Crippen MR) is 62.3 cm³/mol. The third kappa shape index (κ3) is 1.31. The van der Waals surface area contributed by atoms with E-state index in [0.717, 1.165) is 5.92 Å². The highest BCUT2D eigenvalue weighted by molar-refractivity contribution is 6.81. The molecule has 2 aliphatic carbocycles. The SMILES string of the molecule is C[Si](C)(C)C12CCCCCC1C2Cl. The second-order valence-electron chi connectivity index (χ2n) is 5.90. The first-order valence-corrected chi connectivity index (χ1v) is 9.58. The fourth-order valence-corrected chi connectivity index (χ4v) is 8.43. The summed E-state index contributed by atoms with van der Waals surface area (Å²) in [4.78, 5) is 0. The molecule has 2 saturated carbocycles. The van der Waals surface area contributed by atoms with Gasteiger partial charge in [0.25, 0.3) is 0 Å². The molecule has 0 heterocycles.